The summed E-state index contributed by atoms with van der Waals surface area (Å²) in [5, 5.41) is 0.422. The molecule has 0 saturated carbocycles. The first-order chi connectivity index (χ1) is 13.0. The minimum Gasteiger partial charge on any atom is -0.496 e. The van der Waals surface area contributed by atoms with E-state index >= 15 is 0 Å². The zero-order valence-corrected chi connectivity index (χ0v) is 15.4. The molecule has 1 aromatic heterocycles. The number of nitrogens with one attached hydrogen (secondary N) is 1. The van der Waals surface area contributed by atoms with Crippen molar-refractivity contribution in [3.05, 3.63) is 91.1 Å². The van der Waals surface area contributed by atoms with Crippen LogP contribution in [0.1, 0.15) is 11.1 Å². The van der Waals surface area contributed by atoms with Crippen LogP contribution in [0.15, 0.2) is 58.1 Å². The van der Waals surface area contributed by atoms with Gasteiger partial charge in [0.2, 0.25) is 0 Å². The standard InChI is InChI=1S/C21H20N2O4/c1-23-17(13-15-9-5-7-11-19(15)27-3)20(24)22-16(21(23)25)12-14-8-4-6-10-18(14)26-2/h4-13H,1-3H3,(H,22,24)/b16-12+,17-13+. The molecule has 0 amide bonds. The SMILES string of the molecule is COc1ccccc1/C=c1/[nH]c(=O)/c(=C\c2ccccc2OC)n(C)c1=O. The van der Waals surface area contributed by atoms with E-state index in [9.17, 15) is 9.59 Å². The van der Waals surface area contributed by atoms with Gasteiger partial charge < -0.3 is 19.0 Å². The molecule has 1 N–H and O–H groups in total. The van der Waals surface area contributed by atoms with Gasteiger partial charge in [0, 0.05) is 18.2 Å². The Morgan fingerprint density at radius 2 is 1.37 bits per heavy atom. The van der Waals surface area contributed by atoms with E-state index in [1.165, 1.54) is 4.57 Å². The summed E-state index contributed by atoms with van der Waals surface area (Å²) in [6, 6.07) is 14.6. The molecule has 1 heterocycles. The van der Waals surface area contributed by atoms with Gasteiger partial charge in [0.1, 0.15) is 22.2 Å². The smallest absolute Gasteiger partial charge is 0.274 e. The van der Waals surface area contributed by atoms with E-state index in [4.69, 9.17) is 9.47 Å². The predicted octanol–water partition coefficient (Wildman–Crippen LogP) is 0.748. The van der Waals surface area contributed by atoms with E-state index in [1.54, 1.807) is 45.6 Å². The van der Waals surface area contributed by atoms with Crippen molar-refractivity contribution in [3.63, 3.8) is 0 Å². The van der Waals surface area contributed by atoms with Crippen molar-refractivity contribution < 1.29 is 9.47 Å². The number of para-hydroxylation sites is 2. The highest BCUT2D eigenvalue weighted by Gasteiger charge is 2.05. The van der Waals surface area contributed by atoms with Gasteiger partial charge >= 0.3 is 0 Å². The molecule has 3 aromatic rings. The molecule has 0 saturated heterocycles. The molecule has 0 unspecified atom stereocenters. The summed E-state index contributed by atoms with van der Waals surface area (Å²) in [6.07, 6.45) is 3.24. The van der Waals surface area contributed by atoms with Gasteiger partial charge in [0.25, 0.3) is 11.1 Å². The second-order valence-corrected chi connectivity index (χ2v) is 5.89. The highest BCUT2D eigenvalue weighted by Crippen LogP contribution is 2.18. The number of rotatable bonds is 4. The fourth-order valence-corrected chi connectivity index (χ4v) is 2.82. The molecule has 0 aliphatic rings. The molecule has 6 nitrogen and oxygen atoms in total. The Labute approximate surface area is 155 Å². The third-order valence-electron chi connectivity index (χ3n) is 4.25. The van der Waals surface area contributed by atoms with Crippen LogP contribution in [0.3, 0.4) is 0 Å². The molecule has 0 aliphatic carbocycles. The first-order valence-electron chi connectivity index (χ1n) is 8.34. The number of methoxy groups -OCH3 is 2. The van der Waals surface area contributed by atoms with E-state index in [1.807, 2.05) is 36.4 Å². The quantitative estimate of drug-likeness (QED) is 0.741. The fourth-order valence-electron chi connectivity index (χ4n) is 2.82. The number of ether oxygens (including phenoxy) is 2. The number of H-pyrrole nitrogens is 1. The van der Waals surface area contributed by atoms with Crippen LogP contribution in [0.25, 0.3) is 12.2 Å². The van der Waals surface area contributed by atoms with E-state index in [-0.39, 0.29) is 21.8 Å². The number of nitrogens with zero attached hydrogens (tertiary/aromatic N) is 1. The molecule has 2 aromatic carbocycles. The topological polar surface area (TPSA) is 73.3 Å². The fraction of sp³-hybridized carbons (Fsp3) is 0.143. The lowest BCUT2D eigenvalue weighted by Crippen LogP contribution is -2.52. The molecule has 0 spiro atoms. The lowest BCUT2D eigenvalue weighted by molar-refractivity contribution is 0.413. The summed E-state index contributed by atoms with van der Waals surface area (Å²) in [5.74, 6) is 1.24. The maximum atomic E-state index is 12.8. The van der Waals surface area contributed by atoms with Gasteiger partial charge in [0.05, 0.1) is 14.2 Å². The Kier molecular flexibility index (Phi) is 5.26. The molecular formula is C21H20N2O4. The molecular weight excluding hydrogens is 344 g/mol. The van der Waals surface area contributed by atoms with Crippen molar-refractivity contribution in [3.8, 4) is 11.5 Å². The molecule has 6 heteroatoms. The van der Waals surface area contributed by atoms with Gasteiger partial charge in [0.15, 0.2) is 0 Å². The first kappa shape index (κ1) is 18.3. The third-order valence-corrected chi connectivity index (χ3v) is 4.25. The lowest BCUT2D eigenvalue weighted by atomic mass is 10.2. The summed E-state index contributed by atoms with van der Waals surface area (Å²) < 4.78 is 11.9. The van der Waals surface area contributed by atoms with E-state index in [0.717, 1.165) is 0 Å². The van der Waals surface area contributed by atoms with Crippen LogP contribution >= 0.6 is 0 Å². The maximum Gasteiger partial charge on any atom is 0.274 e. The number of aromatic amines is 1. The van der Waals surface area contributed by atoms with Crippen molar-refractivity contribution in [1.29, 1.82) is 0 Å². The van der Waals surface area contributed by atoms with Gasteiger partial charge in [-0.2, -0.15) is 0 Å². The minimum atomic E-state index is -0.371. The molecule has 27 heavy (non-hydrogen) atoms. The summed E-state index contributed by atoms with van der Waals surface area (Å²) in [7, 11) is 4.68. The molecule has 0 atom stereocenters. The summed E-state index contributed by atoms with van der Waals surface area (Å²) in [4.78, 5) is 28.1. The average molecular weight is 364 g/mol. The van der Waals surface area contributed by atoms with Crippen LogP contribution in [0.2, 0.25) is 0 Å². The summed E-state index contributed by atoms with van der Waals surface area (Å²) >= 11 is 0. The molecule has 0 aliphatic heterocycles. The van der Waals surface area contributed by atoms with Gasteiger partial charge in [-0.15, -0.1) is 0 Å². The average Bonchev–Trinajstić information content (AvgIpc) is 2.70. The minimum absolute atomic E-state index is 0.184. The van der Waals surface area contributed by atoms with Crippen LogP contribution in [0.5, 0.6) is 11.5 Å². The monoisotopic (exact) mass is 364 g/mol. The Morgan fingerprint density at radius 1 is 0.852 bits per heavy atom. The zero-order chi connectivity index (χ0) is 19.4. The normalized spacial score (nSPS) is 12.3. The Morgan fingerprint density at radius 3 is 1.93 bits per heavy atom. The second-order valence-electron chi connectivity index (χ2n) is 5.89. The van der Waals surface area contributed by atoms with Crippen LogP contribution in [-0.2, 0) is 7.05 Å². The first-order valence-corrected chi connectivity index (χ1v) is 8.34. The molecule has 138 valence electrons. The van der Waals surface area contributed by atoms with Crippen molar-refractivity contribution in [1.82, 2.24) is 9.55 Å². The number of hydrogen-bond donors (Lipinski definition) is 1. The third kappa shape index (κ3) is 3.69. The number of benzene rings is 2. The highest BCUT2D eigenvalue weighted by molar-refractivity contribution is 5.57. The lowest BCUT2D eigenvalue weighted by Gasteiger charge is -2.05. The number of hydrogen-bond acceptors (Lipinski definition) is 4. The van der Waals surface area contributed by atoms with Crippen LogP contribution in [0, 0.1) is 0 Å². The van der Waals surface area contributed by atoms with E-state index < -0.39 is 0 Å². The Balaban J connectivity index is 2.24. The maximum absolute atomic E-state index is 12.8. The van der Waals surface area contributed by atoms with Gasteiger partial charge in [-0.3, -0.25) is 9.59 Å². The van der Waals surface area contributed by atoms with E-state index in [0.29, 0.717) is 22.6 Å². The van der Waals surface area contributed by atoms with Gasteiger partial charge in [-0.05, 0) is 24.3 Å². The van der Waals surface area contributed by atoms with Crippen molar-refractivity contribution in [2.75, 3.05) is 14.2 Å². The predicted molar refractivity (Wildman–Crippen MR) is 105 cm³/mol. The Bertz CT molecular complexity index is 1210. The van der Waals surface area contributed by atoms with Crippen LogP contribution in [-0.4, -0.2) is 23.8 Å². The van der Waals surface area contributed by atoms with Gasteiger partial charge in [-0.1, -0.05) is 36.4 Å². The van der Waals surface area contributed by atoms with Crippen molar-refractivity contribution in [2.24, 2.45) is 7.05 Å². The largest absolute Gasteiger partial charge is 0.496 e. The molecule has 0 radical (unpaired) electrons. The summed E-state index contributed by atoms with van der Waals surface area (Å²) in [6.45, 7) is 0. The van der Waals surface area contributed by atoms with Crippen LogP contribution in [0.4, 0.5) is 0 Å². The molecule has 0 bridgehead atoms. The van der Waals surface area contributed by atoms with Crippen molar-refractivity contribution in [2.45, 2.75) is 0 Å². The number of aromatic nitrogens is 2. The zero-order valence-electron chi connectivity index (χ0n) is 15.4. The highest BCUT2D eigenvalue weighted by atomic mass is 16.5. The molecule has 3 rings (SSSR count). The summed E-state index contributed by atoms with van der Waals surface area (Å²) in [5.41, 5.74) is 0.724. The molecule has 0 fully saturated rings. The second kappa shape index (κ2) is 7.78. The van der Waals surface area contributed by atoms with Crippen molar-refractivity contribution >= 4 is 12.2 Å². The van der Waals surface area contributed by atoms with Gasteiger partial charge in [-0.25, -0.2) is 0 Å². The van der Waals surface area contributed by atoms with Crippen LogP contribution < -0.4 is 31.3 Å². The Hall–Kier alpha value is -3.54. The van der Waals surface area contributed by atoms with E-state index in [2.05, 4.69) is 4.98 Å².